The lowest BCUT2D eigenvalue weighted by Crippen LogP contribution is -2.32. The van der Waals surface area contributed by atoms with E-state index in [4.69, 9.17) is 0 Å². The predicted molar refractivity (Wildman–Crippen MR) is 74.8 cm³/mol. The number of rotatable bonds is 1. The molecule has 0 saturated carbocycles. The van der Waals surface area contributed by atoms with Crippen molar-refractivity contribution in [3.05, 3.63) is 22.7 Å². The van der Waals surface area contributed by atoms with E-state index in [1.54, 1.807) is 0 Å². The van der Waals surface area contributed by atoms with E-state index in [0.29, 0.717) is 6.04 Å². The minimum Gasteiger partial charge on any atom is -0.381 e. The number of hydrogen-bond acceptors (Lipinski definition) is 2. The van der Waals surface area contributed by atoms with Crippen molar-refractivity contribution in [2.45, 2.75) is 19.4 Å². The maximum absolute atomic E-state index is 3.49. The van der Waals surface area contributed by atoms with Gasteiger partial charge in [0.05, 0.1) is 11.4 Å². The van der Waals surface area contributed by atoms with E-state index in [9.17, 15) is 0 Å². The fourth-order valence-electron chi connectivity index (χ4n) is 1.54. The van der Waals surface area contributed by atoms with Crippen LogP contribution in [0.3, 0.4) is 0 Å². The highest BCUT2D eigenvalue weighted by atomic mass is 79.9. The van der Waals surface area contributed by atoms with E-state index in [-0.39, 0.29) is 24.8 Å². The summed E-state index contributed by atoms with van der Waals surface area (Å²) in [5, 5.41) is 6.90. The average Bonchev–Trinajstić information content (AvgIpc) is 2.17. The predicted octanol–water partition coefficient (Wildman–Crippen LogP) is 3.91. The van der Waals surface area contributed by atoms with Crippen LogP contribution in [0.1, 0.15) is 13.3 Å². The van der Waals surface area contributed by atoms with Gasteiger partial charge in [0.2, 0.25) is 0 Å². The quantitative estimate of drug-likeness (QED) is 0.821. The number of halogens is 3. The summed E-state index contributed by atoms with van der Waals surface area (Å²) in [7, 11) is 0. The van der Waals surface area contributed by atoms with Crippen LogP contribution in [0.4, 0.5) is 11.4 Å². The van der Waals surface area contributed by atoms with E-state index in [2.05, 4.69) is 51.7 Å². The zero-order valence-electron chi connectivity index (χ0n) is 8.42. The molecule has 1 atom stereocenters. The van der Waals surface area contributed by atoms with Gasteiger partial charge in [-0.1, -0.05) is 22.9 Å². The van der Waals surface area contributed by atoms with Crippen molar-refractivity contribution in [3.63, 3.8) is 0 Å². The Balaban J connectivity index is 0.000000980. The summed E-state index contributed by atoms with van der Waals surface area (Å²) in [5.74, 6) is 0. The van der Waals surface area contributed by atoms with Crippen LogP contribution in [0.2, 0.25) is 0 Å². The first kappa shape index (κ1) is 14.9. The summed E-state index contributed by atoms with van der Waals surface area (Å²) in [6, 6.07) is 6.84. The Kier molecular flexibility index (Phi) is 6.41. The molecular weight excluding hydrogens is 299 g/mol. The fraction of sp³-hybridized carbons (Fsp3) is 0.400. The van der Waals surface area contributed by atoms with E-state index < -0.39 is 0 Å². The number of fused-ring (bicyclic) bond motifs is 1. The molecule has 86 valence electrons. The summed E-state index contributed by atoms with van der Waals surface area (Å²) in [4.78, 5) is 0. The number of anilines is 2. The second kappa shape index (κ2) is 6.46. The van der Waals surface area contributed by atoms with Gasteiger partial charge in [-0.05, 0) is 24.6 Å². The van der Waals surface area contributed by atoms with Gasteiger partial charge in [-0.2, -0.15) is 0 Å². The summed E-state index contributed by atoms with van der Waals surface area (Å²) >= 11 is 3.45. The molecule has 0 bridgehead atoms. The van der Waals surface area contributed by atoms with E-state index in [0.717, 1.165) is 17.4 Å². The molecule has 1 unspecified atom stereocenters. The van der Waals surface area contributed by atoms with Gasteiger partial charge in [-0.3, -0.25) is 0 Å². The van der Waals surface area contributed by atoms with Crippen molar-refractivity contribution in [1.29, 1.82) is 0 Å². The molecule has 0 saturated heterocycles. The standard InChI is InChI=1S/C10H13BrN2.2ClH/c1-2-8-6-12-10-5-7(11)3-4-9(10)13-8;;/h3-5,8,12-13H,2,6H2,1H3;2*1H. The lowest BCUT2D eigenvalue weighted by atomic mass is 10.1. The average molecular weight is 314 g/mol. The molecule has 0 spiro atoms. The van der Waals surface area contributed by atoms with Crippen LogP contribution in [-0.4, -0.2) is 12.6 Å². The molecule has 2 N–H and O–H groups in total. The molecule has 0 aromatic heterocycles. The minimum atomic E-state index is 0. The van der Waals surface area contributed by atoms with Gasteiger partial charge < -0.3 is 10.6 Å². The fourth-order valence-corrected chi connectivity index (χ4v) is 1.90. The van der Waals surface area contributed by atoms with Crippen molar-refractivity contribution >= 4 is 52.1 Å². The van der Waals surface area contributed by atoms with Crippen molar-refractivity contribution in [1.82, 2.24) is 0 Å². The van der Waals surface area contributed by atoms with Gasteiger partial charge in [-0.25, -0.2) is 0 Å². The number of benzene rings is 1. The molecule has 1 aliphatic rings. The lowest BCUT2D eigenvalue weighted by Gasteiger charge is -2.27. The third-order valence-electron chi connectivity index (χ3n) is 2.37. The number of hydrogen-bond donors (Lipinski definition) is 2. The lowest BCUT2D eigenvalue weighted by molar-refractivity contribution is 0.713. The highest BCUT2D eigenvalue weighted by Crippen LogP contribution is 2.29. The highest BCUT2D eigenvalue weighted by molar-refractivity contribution is 9.10. The smallest absolute Gasteiger partial charge is 0.0588 e. The zero-order valence-corrected chi connectivity index (χ0v) is 11.6. The molecule has 2 rings (SSSR count). The van der Waals surface area contributed by atoms with Crippen LogP contribution >= 0.6 is 40.7 Å². The summed E-state index contributed by atoms with van der Waals surface area (Å²) in [5.41, 5.74) is 2.40. The van der Waals surface area contributed by atoms with Crippen LogP contribution in [0.5, 0.6) is 0 Å². The SMILES string of the molecule is CCC1CNc2cc(Br)ccc2N1.Cl.Cl. The summed E-state index contributed by atoms with van der Waals surface area (Å²) in [6.07, 6.45) is 1.16. The van der Waals surface area contributed by atoms with Crippen LogP contribution in [0, 0.1) is 0 Å². The van der Waals surface area contributed by atoms with Crippen molar-refractivity contribution in [3.8, 4) is 0 Å². The molecule has 15 heavy (non-hydrogen) atoms. The first-order valence-corrected chi connectivity index (χ1v) is 5.39. The normalized spacial score (nSPS) is 17.3. The van der Waals surface area contributed by atoms with Crippen LogP contribution < -0.4 is 10.6 Å². The Hall–Kier alpha value is -0.120. The third kappa shape index (κ3) is 3.44. The molecule has 1 aromatic rings. The molecule has 1 aromatic carbocycles. The minimum absolute atomic E-state index is 0. The Bertz CT molecular complexity index is 320. The molecule has 2 nitrogen and oxygen atoms in total. The second-order valence-corrected chi connectivity index (χ2v) is 4.24. The van der Waals surface area contributed by atoms with Gasteiger partial charge in [-0.15, -0.1) is 24.8 Å². The van der Waals surface area contributed by atoms with Gasteiger partial charge in [0, 0.05) is 17.1 Å². The molecule has 0 aliphatic carbocycles. The Labute approximate surface area is 111 Å². The largest absolute Gasteiger partial charge is 0.381 e. The Morgan fingerprint density at radius 2 is 2.07 bits per heavy atom. The first-order valence-electron chi connectivity index (χ1n) is 4.59. The molecular formula is C10H15BrCl2N2. The number of nitrogens with one attached hydrogen (secondary N) is 2. The van der Waals surface area contributed by atoms with Gasteiger partial charge in [0.15, 0.2) is 0 Å². The molecule has 5 heteroatoms. The molecule has 0 radical (unpaired) electrons. The van der Waals surface area contributed by atoms with Crippen molar-refractivity contribution in [2.75, 3.05) is 17.2 Å². The van der Waals surface area contributed by atoms with E-state index in [1.807, 2.05) is 0 Å². The molecule has 0 amide bonds. The monoisotopic (exact) mass is 312 g/mol. The topological polar surface area (TPSA) is 24.1 Å². The van der Waals surface area contributed by atoms with Gasteiger partial charge >= 0.3 is 0 Å². The van der Waals surface area contributed by atoms with Crippen LogP contribution in [-0.2, 0) is 0 Å². The van der Waals surface area contributed by atoms with Crippen LogP contribution in [0.15, 0.2) is 22.7 Å². The maximum Gasteiger partial charge on any atom is 0.0588 e. The highest BCUT2D eigenvalue weighted by Gasteiger charge is 2.14. The summed E-state index contributed by atoms with van der Waals surface area (Å²) < 4.78 is 1.12. The maximum atomic E-state index is 3.49. The van der Waals surface area contributed by atoms with Crippen molar-refractivity contribution in [2.24, 2.45) is 0 Å². The molecule has 1 heterocycles. The molecule has 1 aliphatic heterocycles. The first-order chi connectivity index (χ1) is 6.29. The van der Waals surface area contributed by atoms with E-state index >= 15 is 0 Å². The second-order valence-electron chi connectivity index (χ2n) is 3.32. The van der Waals surface area contributed by atoms with E-state index in [1.165, 1.54) is 11.4 Å². The van der Waals surface area contributed by atoms with Gasteiger partial charge in [0.1, 0.15) is 0 Å². The Morgan fingerprint density at radius 1 is 1.33 bits per heavy atom. The third-order valence-corrected chi connectivity index (χ3v) is 2.87. The van der Waals surface area contributed by atoms with Gasteiger partial charge in [0.25, 0.3) is 0 Å². The van der Waals surface area contributed by atoms with Crippen molar-refractivity contribution < 1.29 is 0 Å². The zero-order chi connectivity index (χ0) is 9.26. The Morgan fingerprint density at radius 3 is 2.73 bits per heavy atom. The van der Waals surface area contributed by atoms with Crippen LogP contribution in [0.25, 0.3) is 0 Å². The summed E-state index contributed by atoms with van der Waals surface area (Å²) in [6.45, 7) is 3.21. The molecule has 0 fully saturated rings.